The molecule has 0 amide bonds. The van der Waals surface area contributed by atoms with Gasteiger partial charge in [-0.05, 0) is 18.1 Å². The monoisotopic (exact) mass is 431 g/mol. The van der Waals surface area contributed by atoms with Gasteiger partial charge in [-0.1, -0.05) is 18.3 Å². The Labute approximate surface area is 174 Å². The number of anilines is 1. The minimum atomic E-state index is -4.56. The largest absolute Gasteiger partial charge is 0.434 e. The van der Waals surface area contributed by atoms with Crippen LogP contribution in [-0.4, -0.2) is 42.8 Å². The van der Waals surface area contributed by atoms with Gasteiger partial charge in [0.1, 0.15) is 11.5 Å². The lowest BCUT2D eigenvalue weighted by molar-refractivity contribution is -0.141. The summed E-state index contributed by atoms with van der Waals surface area (Å²) in [7, 11) is 0. The minimum Gasteiger partial charge on any atom is -0.404 e. The predicted octanol–water partition coefficient (Wildman–Crippen LogP) is 3.18. The molecule has 11 heteroatoms. The fourth-order valence-electron chi connectivity index (χ4n) is 3.22. The van der Waals surface area contributed by atoms with Gasteiger partial charge in [-0.25, -0.2) is 19.9 Å². The second kappa shape index (κ2) is 7.82. The molecule has 3 aromatic heterocycles. The van der Waals surface area contributed by atoms with Gasteiger partial charge < -0.3 is 10.6 Å². The van der Waals surface area contributed by atoms with Crippen LogP contribution in [0.15, 0.2) is 54.3 Å². The smallest absolute Gasteiger partial charge is 0.404 e. The minimum absolute atomic E-state index is 0.264. The Bertz CT molecular complexity index is 1170. The number of rotatable bonds is 4. The van der Waals surface area contributed by atoms with Gasteiger partial charge in [0.15, 0.2) is 17.2 Å². The summed E-state index contributed by atoms with van der Waals surface area (Å²) in [6, 6.07) is 1.75. The predicted molar refractivity (Wildman–Crippen MR) is 110 cm³/mol. The Balaban J connectivity index is 1.69. The number of fused-ring (bicyclic) bond motifs is 1. The number of hydrogen-bond donors (Lipinski definition) is 1. The maximum absolute atomic E-state index is 13.1. The highest BCUT2D eigenvalue weighted by molar-refractivity contribution is 7.79. The highest BCUT2D eigenvalue weighted by Gasteiger charge is 2.33. The summed E-state index contributed by atoms with van der Waals surface area (Å²) in [6.45, 7) is 1.28. The van der Waals surface area contributed by atoms with Crippen molar-refractivity contribution in [2.75, 3.05) is 18.0 Å². The average molecular weight is 431 g/mol. The molecule has 0 unspecified atom stereocenters. The van der Waals surface area contributed by atoms with Crippen LogP contribution in [0.3, 0.4) is 0 Å². The summed E-state index contributed by atoms with van der Waals surface area (Å²) in [5.41, 5.74) is 7.01. The maximum atomic E-state index is 13.1. The van der Waals surface area contributed by atoms with E-state index in [-0.39, 0.29) is 11.5 Å². The summed E-state index contributed by atoms with van der Waals surface area (Å²) in [6.07, 6.45) is 4.74. The molecule has 0 aromatic carbocycles. The van der Waals surface area contributed by atoms with Crippen LogP contribution >= 0.6 is 12.2 Å². The molecule has 7 nitrogen and oxygen atoms in total. The van der Waals surface area contributed by atoms with Crippen LogP contribution in [0.2, 0.25) is 0 Å². The highest BCUT2D eigenvalue weighted by atomic mass is 32.1. The van der Waals surface area contributed by atoms with Gasteiger partial charge in [0.05, 0.1) is 12.4 Å². The average Bonchev–Trinajstić information content (AvgIpc) is 3.18. The molecule has 1 aliphatic heterocycles. The molecule has 0 spiro atoms. The number of nitrogens with zero attached hydrogens (tertiary/aromatic N) is 6. The summed E-state index contributed by atoms with van der Waals surface area (Å²) in [4.78, 5) is 18.4. The van der Waals surface area contributed by atoms with E-state index in [1.165, 1.54) is 22.2 Å². The van der Waals surface area contributed by atoms with Crippen molar-refractivity contribution in [1.29, 1.82) is 0 Å². The molecule has 0 radical (unpaired) electrons. The molecule has 4 heterocycles. The molecule has 30 heavy (non-hydrogen) atoms. The zero-order chi connectivity index (χ0) is 21.3. The van der Waals surface area contributed by atoms with Gasteiger partial charge in [0, 0.05) is 42.6 Å². The summed E-state index contributed by atoms with van der Waals surface area (Å²) in [5, 5.41) is 1.53. The van der Waals surface area contributed by atoms with Crippen LogP contribution in [0.1, 0.15) is 12.1 Å². The number of alkyl halides is 3. The van der Waals surface area contributed by atoms with E-state index in [4.69, 9.17) is 18.0 Å². The van der Waals surface area contributed by atoms with Gasteiger partial charge in [-0.15, -0.1) is 0 Å². The fourth-order valence-corrected chi connectivity index (χ4v) is 3.45. The Morgan fingerprint density at radius 1 is 1.20 bits per heavy atom. The zero-order valence-corrected chi connectivity index (χ0v) is 16.4. The van der Waals surface area contributed by atoms with Gasteiger partial charge in [-0.2, -0.15) is 13.2 Å². The van der Waals surface area contributed by atoms with Gasteiger partial charge in [-0.3, -0.25) is 4.40 Å². The number of halogens is 3. The third-order valence-corrected chi connectivity index (χ3v) is 4.96. The van der Waals surface area contributed by atoms with Gasteiger partial charge >= 0.3 is 6.18 Å². The molecule has 3 aromatic rings. The van der Waals surface area contributed by atoms with Crippen molar-refractivity contribution in [2.24, 2.45) is 5.73 Å². The van der Waals surface area contributed by atoms with E-state index in [1.54, 1.807) is 12.3 Å². The Hall–Kier alpha value is -3.34. The van der Waals surface area contributed by atoms with Crippen LogP contribution < -0.4 is 10.6 Å². The number of nitrogens with two attached hydrogens (primary N) is 1. The van der Waals surface area contributed by atoms with Crippen LogP contribution in [-0.2, 0) is 6.18 Å². The first-order chi connectivity index (χ1) is 14.4. The fraction of sp³-hybridized carbons (Fsp3) is 0.211. The molecule has 0 bridgehead atoms. The molecule has 4 rings (SSSR count). The molecule has 0 aliphatic carbocycles. The Kier molecular flexibility index (Phi) is 5.20. The highest BCUT2D eigenvalue weighted by Crippen LogP contribution is 2.29. The van der Waals surface area contributed by atoms with Crippen molar-refractivity contribution in [3.05, 3.63) is 60.0 Å². The van der Waals surface area contributed by atoms with Crippen LogP contribution in [0.4, 0.5) is 19.0 Å². The molecule has 0 atom stereocenters. The van der Waals surface area contributed by atoms with Crippen molar-refractivity contribution in [3.63, 3.8) is 0 Å². The third kappa shape index (κ3) is 3.75. The van der Waals surface area contributed by atoms with E-state index in [2.05, 4.69) is 26.0 Å². The first kappa shape index (κ1) is 20.0. The number of imidazole rings is 1. The summed E-state index contributed by atoms with van der Waals surface area (Å²) >= 11 is 5.01. The van der Waals surface area contributed by atoms with Crippen molar-refractivity contribution in [2.45, 2.75) is 12.6 Å². The third-order valence-electron chi connectivity index (χ3n) is 4.71. The number of hydrogen-bond acceptors (Lipinski definition) is 7. The molecule has 1 aliphatic rings. The SMILES string of the molecule is NC=C(C=S)C1=CCCN(c2ccnc(-c3cnc4cnc(C(F)(F)F)cn34)n2)C1. The molecular weight excluding hydrogens is 415 g/mol. The van der Waals surface area contributed by atoms with E-state index in [1.807, 2.05) is 4.90 Å². The summed E-state index contributed by atoms with van der Waals surface area (Å²) in [5.74, 6) is 0.909. The van der Waals surface area contributed by atoms with E-state index in [0.29, 0.717) is 18.1 Å². The van der Waals surface area contributed by atoms with Gasteiger partial charge in [0.2, 0.25) is 0 Å². The van der Waals surface area contributed by atoms with Crippen LogP contribution in [0.25, 0.3) is 17.2 Å². The van der Waals surface area contributed by atoms with Crippen molar-refractivity contribution in [1.82, 2.24) is 24.3 Å². The molecule has 2 N–H and O–H groups in total. The molecule has 154 valence electrons. The molecule has 0 saturated heterocycles. The lowest BCUT2D eigenvalue weighted by Crippen LogP contribution is -2.31. The molecule has 0 saturated carbocycles. The Morgan fingerprint density at radius 3 is 2.77 bits per heavy atom. The normalized spacial score (nSPS) is 15.4. The first-order valence-electron chi connectivity index (χ1n) is 8.96. The van der Waals surface area contributed by atoms with Gasteiger partial charge in [0.25, 0.3) is 0 Å². The second-order valence-electron chi connectivity index (χ2n) is 6.56. The van der Waals surface area contributed by atoms with Crippen molar-refractivity contribution >= 4 is 29.1 Å². The molecule has 0 fully saturated rings. The van der Waals surface area contributed by atoms with E-state index in [0.717, 1.165) is 36.5 Å². The zero-order valence-electron chi connectivity index (χ0n) is 15.5. The standard InChI is InChI=1S/C19H16F3N7S/c20-19(21,22)15-10-29-14(7-26-17(29)8-25-15)18-24-4-3-16(27-18)28-5-1-2-12(9-28)13(6-23)11-30/h2-4,6-8,10-11H,1,5,9,23H2. The quantitative estimate of drug-likeness (QED) is 0.502. The van der Waals surface area contributed by atoms with Crippen molar-refractivity contribution in [3.8, 4) is 11.5 Å². The topological polar surface area (TPSA) is 85.2 Å². The first-order valence-corrected chi connectivity index (χ1v) is 9.43. The van der Waals surface area contributed by atoms with E-state index < -0.39 is 11.9 Å². The second-order valence-corrected chi connectivity index (χ2v) is 6.80. The number of aromatic nitrogens is 5. The lowest BCUT2D eigenvalue weighted by Gasteiger charge is -2.28. The number of thiocarbonyl (C=S) groups is 1. The van der Waals surface area contributed by atoms with Crippen molar-refractivity contribution < 1.29 is 13.2 Å². The molecular formula is C19H16F3N7S. The van der Waals surface area contributed by atoms with E-state index >= 15 is 0 Å². The van der Waals surface area contributed by atoms with Crippen LogP contribution in [0.5, 0.6) is 0 Å². The van der Waals surface area contributed by atoms with Crippen LogP contribution in [0, 0.1) is 0 Å². The Morgan fingerprint density at radius 2 is 2.03 bits per heavy atom. The maximum Gasteiger partial charge on any atom is 0.434 e. The lowest BCUT2D eigenvalue weighted by atomic mass is 10.0. The van der Waals surface area contributed by atoms with E-state index in [9.17, 15) is 13.2 Å². The summed E-state index contributed by atoms with van der Waals surface area (Å²) < 4.78 is 40.5.